The lowest BCUT2D eigenvalue weighted by atomic mass is 10.4. The maximum Gasteiger partial charge on any atom is 0.261 e. The van der Waals surface area contributed by atoms with Gasteiger partial charge in [0.2, 0.25) is 0 Å². The number of rotatable bonds is 6. The van der Waals surface area contributed by atoms with E-state index >= 15 is 0 Å². The molecule has 0 aliphatic heterocycles. The van der Waals surface area contributed by atoms with Crippen molar-refractivity contribution < 1.29 is 8.42 Å². The van der Waals surface area contributed by atoms with Crippen molar-refractivity contribution in [2.24, 2.45) is 0 Å². The Kier molecular flexibility index (Phi) is 5.28. The van der Waals surface area contributed by atoms with E-state index in [0.717, 1.165) is 0 Å². The first-order valence-electron chi connectivity index (χ1n) is 6.21. The zero-order chi connectivity index (χ0) is 16.2. The molecule has 8 heteroatoms. The van der Waals surface area contributed by atoms with Crippen LogP contribution in [0.25, 0.3) is 0 Å². The van der Waals surface area contributed by atoms with Crippen LogP contribution in [0.3, 0.4) is 0 Å². The zero-order valence-electron chi connectivity index (χ0n) is 11.4. The molecule has 0 atom stereocenters. The molecule has 22 heavy (non-hydrogen) atoms. The number of nitrogens with one attached hydrogen (secondary N) is 2. The summed E-state index contributed by atoms with van der Waals surface area (Å²) in [5.74, 6) is 0.623. The van der Waals surface area contributed by atoms with E-state index in [1.807, 2.05) is 0 Å². The molecule has 0 unspecified atom stereocenters. The first kappa shape index (κ1) is 16.6. The fourth-order valence-electron chi connectivity index (χ4n) is 1.59. The summed E-state index contributed by atoms with van der Waals surface area (Å²) in [5.41, 5.74) is 0.343. The van der Waals surface area contributed by atoms with Gasteiger partial charge in [0.1, 0.15) is 5.82 Å². The maximum absolute atomic E-state index is 12.3. The Bertz CT molecular complexity index is 777. The molecule has 0 saturated carbocycles. The third-order valence-corrected chi connectivity index (χ3v) is 4.76. The number of benzene rings is 1. The number of hydrogen-bond acceptors (Lipinski definition) is 4. The van der Waals surface area contributed by atoms with Gasteiger partial charge in [0, 0.05) is 6.54 Å². The van der Waals surface area contributed by atoms with Gasteiger partial charge in [-0.15, -0.1) is 6.58 Å². The molecular weight excluding hydrogens is 345 g/mol. The van der Waals surface area contributed by atoms with Gasteiger partial charge in [-0.2, -0.15) is 0 Å². The molecule has 1 aromatic carbocycles. The highest BCUT2D eigenvalue weighted by molar-refractivity contribution is 7.92. The molecule has 0 radical (unpaired) electrons. The predicted molar refractivity (Wildman–Crippen MR) is 90.2 cm³/mol. The Morgan fingerprint density at radius 2 is 1.95 bits per heavy atom. The molecule has 116 valence electrons. The predicted octanol–water partition coefficient (Wildman–Crippen LogP) is 3.79. The van der Waals surface area contributed by atoms with Gasteiger partial charge in [0.25, 0.3) is 10.0 Å². The molecule has 0 aliphatic carbocycles. The van der Waals surface area contributed by atoms with E-state index < -0.39 is 10.0 Å². The second kappa shape index (κ2) is 7.00. The molecule has 0 aliphatic rings. The molecule has 5 nitrogen and oxygen atoms in total. The molecule has 1 heterocycles. The maximum atomic E-state index is 12.3. The van der Waals surface area contributed by atoms with Gasteiger partial charge in [0.15, 0.2) is 0 Å². The van der Waals surface area contributed by atoms with Gasteiger partial charge in [-0.3, -0.25) is 4.72 Å². The number of anilines is 2. The Morgan fingerprint density at radius 3 is 2.55 bits per heavy atom. The smallest absolute Gasteiger partial charge is 0.261 e. The minimum atomic E-state index is -3.75. The number of aromatic nitrogens is 1. The summed E-state index contributed by atoms with van der Waals surface area (Å²) < 4.78 is 26.9. The van der Waals surface area contributed by atoms with E-state index in [4.69, 9.17) is 23.2 Å². The third-order valence-electron chi connectivity index (χ3n) is 2.64. The Morgan fingerprint density at radius 1 is 1.18 bits per heavy atom. The van der Waals surface area contributed by atoms with Crippen molar-refractivity contribution in [2.45, 2.75) is 4.90 Å². The van der Waals surface area contributed by atoms with E-state index in [2.05, 4.69) is 21.6 Å². The van der Waals surface area contributed by atoms with Crippen LogP contribution in [0.1, 0.15) is 0 Å². The van der Waals surface area contributed by atoms with Crippen LogP contribution < -0.4 is 10.0 Å². The number of nitrogens with zero attached hydrogens (tertiary/aromatic N) is 1. The zero-order valence-corrected chi connectivity index (χ0v) is 13.7. The fourth-order valence-corrected chi connectivity index (χ4v) is 3.03. The van der Waals surface area contributed by atoms with E-state index in [9.17, 15) is 8.42 Å². The van der Waals surface area contributed by atoms with Gasteiger partial charge >= 0.3 is 0 Å². The molecule has 0 fully saturated rings. The molecule has 0 saturated heterocycles. The standard InChI is InChI=1S/C14H13Cl2N3O2S/c1-2-7-17-14-6-3-10(9-18-14)19-22(20,21)11-4-5-12(15)13(16)8-11/h2-6,8-9,19H,1,7H2,(H,17,18). The monoisotopic (exact) mass is 357 g/mol. The van der Waals surface area contributed by atoms with Crippen molar-refractivity contribution in [1.29, 1.82) is 0 Å². The van der Waals surface area contributed by atoms with Crippen LogP contribution in [0.15, 0.2) is 54.1 Å². The summed E-state index contributed by atoms with van der Waals surface area (Å²) >= 11 is 11.6. The van der Waals surface area contributed by atoms with Crippen molar-refractivity contribution in [3.8, 4) is 0 Å². The number of hydrogen-bond donors (Lipinski definition) is 2. The Hall–Kier alpha value is -1.76. The quantitative estimate of drug-likeness (QED) is 0.771. The normalized spacial score (nSPS) is 11.0. The number of halogens is 2. The van der Waals surface area contributed by atoms with Crippen LogP contribution in [0.5, 0.6) is 0 Å². The van der Waals surface area contributed by atoms with Crippen LogP contribution >= 0.6 is 23.2 Å². The summed E-state index contributed by atoms with van der Waals surface area (Å²) in [7, 11) is -3.75. The molecule has 0 amide bonds. The summed E-state index contributed by atoms with van der Waals surface area (Å²) in [5, 5.41) is 3.46. The first-order valence-corrected chi connectivity index (χ1v) is 8.45. The van der Waals surface area contributed by atoms with Crippen molar-refractivity contribution in [2.75, 3.05) is 16.6 Å². The lowest BCUT2D eigenvalue weighted by molar-refractivity contribution is 0.601. The molecular formula is C14H13Cl2N3O2S. The molecule has 1 aromatic heterocycles. The van der Waals surface area contributed by atoms with Gasteiger partial charge in [-0.25, -0.2) is 13.4 Å². The Balaban J connectivity index is 2.17. The minimum absolute atomic E-state index is 0.0239. The highest BCUT2D eigenvalue weighted by atomic mass is 35.5. The lowest BCUT2D eigenvalue weighted by Gasteiger charge is -2.09. The summed E-state index contributed by atoms with van der Waals surface area (Å²) in [6.07, 6.45) is 3.11. The summed E-state index contributed by atoms with van der Waals surface area (Å²) in [6.45, 7) is 4.16. The third kappa shape index (κ3) is 4.13. The van der Waals surface area contributed by atoms with Crippen LogP contribution in [0.2, 0.25) is 10.0 Å². The highest BCUT2D eigenvalue weighted by Crippen LogP contribution is 2.26. The van der Waals surface area contributed by atoms with Crippen molar-refractivity contribution in [3.05, 3.63) is 59.2 Å². The van der Waals surface area contributed by atoms with E-state index in [1.165, 1.54) is 24.4 Å². The van der Waals surface area contributed by atoms with Crippen LogP contribution in [0, 0.1) is 0 Å². The van der Waals surface area contributed by atoms with E-state index in [1.54, 1.807) is 18.2 Å². The van der Waals surface area contributed by atoms with Gasteiger partial charge in [-0.05, 0) is 30.3 Å². The molecule has 2 rings (SSSR count). The van der Waals surface area contributed by atoms with E-state index in [0.29, 0.717) is 23.1 Å². The second-order valence-electron chi connectivity index (χ2n) is 4.28. The minimum Gasteiger partial charge on any atom is -0.367 e. The SMILES string of the molecule is C=CCNc1ccc(NS(=O)(=O)c2ccc(Cl)c(Cl)c2)cn1. The Labute approximate surface area is 139 Å². The summed E-state index contributed by atoms with van der Waals surface area (Å²) in [4.78, 5) is 4.12. The lowest BCUT2D eigenvalue weighted by Crippen LogP contribution is -2.13. The van der Waals surface area contributed by atoms with Gasteiger partial charge in [-0.1, -0.05) is 29.3 Å². The van der Waals surface area contributed by atoms with Crippen LogP contribution in [0.4, 0.5) is 11.5 Å². The highest BCUT2D eigenvalue weighted by Gasteiger charge is 2.15. The topological polar surface area (TPSA) is 71.1 Å². The van der Waals surface area contributed by atoms with E-state index in [-0.39, 0.29) is 9.92 Å². The number of pyridine rings is 1. The second-order valence-corrected chi connectivity index (χ2v) is 6.78. The average Bonchev–Trinajstić information content (AvgIpc) is 2.49. The largest absolute Gasteiger partial charge is 0.367 e. The van der Waals surface area contributed by atoms with Crippen LogP contribution in [-0.2, 0) is 10.0 Å². The van der Waals surface area contributed by atoms with Crippen molar-refractivity contribution >= 4 is 44.7 Å². The number of sulfonamides is 1. The van der Waals surface area contributed by atoms with Crippen molar-refractivity contribution in [3.63, 3.8) is 0 Å². The molecule has 0 bridgehead atoms. The molecule has 2 N–H and O–H groups in total. The van der Waals surface area contributed by atoms with Gasteiger partial charge < -0.3 is 5.32 Å². The van der Waals surface area contributed by atoms with Crippen LogP contribution in [-0.4, -0.2) is 19.9 Å². The van der Waals surface area contributed by atoms with Crippen molar-refractivity contribution in [1.82, 2.24) is 4.98 Å². The molecule has 2 aromatic rings. The average molecular weight is 358 g/mol. The summed E-state index contributed by atoms with van der Waals surface area (Å²) in [6, 6.07) is 7.37. The van der Waals surface area contributed by atoms with Gasteiger partial charge in [0.05, 0.1) is 26.8 Å². The first-order chi connectivity index (χ1) is 10.4. The molecule has 0 spiro atoms. The fraction of sp³-hybridized carbons (Fsp3) is 0.0714.